The maximum Gasteiger partial charge on any atom is 0.191 e. The van der Waals surface area contributed by atoms with E-state index in [-0.39, 0.29) is 24.0 Å². The van der Waals surface area contributed by atoms with Crippen molar-refractivity contribution in [3.05, 3.63) is 0 Å². The van der Waals surface area contributed by atoms with Gasteiger partial charge in [-0.3, -0.25) is 4.99 Å². The lowest BCUT2D eigenvalue weighted by molar-refractivity contribution is 0.234. The van der Waals surface area contributed by atoms with E-state index in [1.54, 1.807) is 0 Å². The van der Waals surface area contributed by atoms with Crippen molar-refractivity contribution in [2.75, 3.05) is 39.3 Å². The minimum absolute atomic E-state index is 0. The number of hydrogen-bond donors (Lipinski definition) is 1. The van der Waals surface area contributed by atoms with Crippen LogP contribution in [0.2, 0.25) is 0 Å². The Balaban J connectivity index is 0.00000162. The van der Waals surface area contributed by atoms with Gasteiger partial charge in [-0.05, 0) is 45.2 Å². The summed E-state index contributed by atoms with van der Waals surface area (Å²) >= 11 is 0. The molecule has 4 nitrogen and oxygen atoms in total. The second-order valence-corrected chi connectivity index (χ2v) is 5.19. The van der Waals surface area contributed by atoms with Crippen molar-refractivity contribution in [3.63, 3.8) is 0 Å². The molecule has 0 saturated carbocycles. The molecule has 2 fully saturated rings. The summed E-state index contributed by atoms with van der Waals surface area (Å²) in [5, 5.41) is 0. The summed E-state index contributed by atoms with van der Waals surface area (Å²) < 4.78 is 0. The van der Waals surface area contributed by atoms with Crippen LogP contribution < -0.4 is 5.73 Å². The number of aliphatic imine (C=N–C) groups is 1. The molecule has 2 aliphatic heterocycles. The molecule has 0 spiro atoms. The predicted molar refractivity (Wildman–Crippen MR) is 87.6 cm³/mol. The third-order valence-electron chi connectivity index (χ3n) is 3.82. The van der Waals surface area contributed by atoms with Crippen LogP contribution in [-0.2, 0) is 0 Å². The van der Waals surface area contributed by atoms with Gasteiger partial charge in [-0.2, -0.15) is 0 Å². The minimum atomic E-state index is 0. The molecule has 0 unspecified atom stereocenters. The Kier molecular flexibility index (Phi) is 7.97. The molecular weight excluding hydrogens is 339 g/mol. The first kappa shape index (κ1) is 16.0. The van der Waals surface area contributed by atoms with Crippen LogP contribution >= 0.6 is 24.0 Å². The van der Waals surface area contributed by atoms with Crippen molar-refractivity contribution in [2.45, 2.75) is 38.5 Å². The maximum atomic E-state index is 6.02. The van der Waals surface area contributed by atoms with Gasteiger partial charge in [-0.25, -0.2) is 0 Å². The zero-order chi connectivity index (χ0) is 11.9. The van der Waals surface area contributed by atoms with Crippen LogP contribution in [0.5, 0.6) is 0 Å². The van der Waals surface area contributed by atoms with E-state index in [1.807, 2.05) is 0 Å². The number of rotatable bonds is 3. The number of likely N-dealkylation sites (tertiary alicyclic amines) is 2. The third-order valence-corrected chi connectivity index (χ3v) is 3.82. The van der Waals surface area contributed by atoms with Gasteiger partial charge < -0.3 is 15.5 Å². The number of hydrogen-bond acceptors (Lipinski definition) is 2. The van der Waals surface area contributed by atoms with E-state index < -0.39 is 0 Å². The minimum Gasteiger partial charge on any atom is -0.370 e. The number of nitrogens with zero attached hydrogens (tertiary/aromatic N) is 3. The number of guanidine groups is 1. The highest BCUT2D eigenvalue weighted by Crippen LogP contribution is 2.09. The van der Waals surface area contributed by atoms with E-state index in [4.69, 9.17) is 5.73 Å². The Morgan fingerprint density at radius 3 is 2.06 bits per heavy atom. The van der Waals surface area contributed by atoms with Gasteiger partial charge in [0.2, 0.25) is 0 Å². The highest BCUT2D eigenvalue weighted by molar-refractivity contribution is 14.0. The molecular formula is C13H27IN4. The molecule has 0 amide bonds. The molecule has 0 aliphatic carbocycles. The van der Waals surface area contributed by atoms with Gasteiger partial charge in [0.25, 0.3) is 0 Å². The Morgan fingerprint density at radius 1 is 0.889 bits per heavy atom. The van der Waals surface area contributed by atoms with E-state index in [0.717, 1.165) is 32.1 Å². The summed E-state index contributed by atoms with van der Waals surface area (Å²) in [4.78, 5) is 9.27. The summed E-state index contributed by atoms with van der Waals surface area (Å²) in [6.45, 7) is 6.63. The molecule has 5 heteroatoms. The summed E-state index contributed by atoms with van der Waals surface area (Å²) in [6, 6.07) is 0. The van der Waals surface area contributed by atoms with Crippen molar-refractivity contribution in [1.29, 1.82) is 0 Å². The molecule has 0 radical (unpaired) electrons. The van der Waals surface area contributed by atoms with Crippen LogP contribution in [0.15, 0.2) is 4.99 Å². The van der Waals surface area contributed by atoms with E-state index in [1.165, 1.54) is 51.6 Å². The lowest BCUT2D eigenvalue weighted by atomic mass is 10.1. The molecule has 0 bridgehead atoms. The Morgan fingerprint density at radius 2 is 1.44 bits per heavy atom. The van der Waals surface area contributed by atoms with Gasteiger partial charge in [-0.1, -0.05) is 6.42 Å². The number of halogens is 1. The first-order chi connectivity index (χ1) is 8.36. The van der Waals surface area contributed by atoms with Gasteiger partial charge in [0.05, 0.1) is 6.54 Å². The SMILES string of the molecule is I.NC(=NCCN1CCCCC1)N1CCCCC1. The molecule has 2 aliphatic rings. The first-order valence-corrected chi connectivity index (χ1v) is 7.13. The zero-order valence-electron chi connectivity index (χ0n) is 11.3. The van der Waals surface area contributed by atoms with E-state index >= 15 is 0 Å². The topological polar surface area (TPSA) is 44.9 Å². The average Bonchev–Trinajstić information content (AvgIpc) is 2.41. The van der Waals surface area contributed by atoms with E-state index in [9.17, 15) is 0 Å². The van der Waals surface area contributed by atoms with E-state index in [0.29, 0.717) is 0 Å². The van der Waals surface area contributed by atoms with Gasteiger partial charge in [0, 0.05) is 19.6 Å². The van der Waals surface area contributed by atoms with Crippen LogP contribution in [0, 0.1) is 0 Å². The average molecular weight is 366 g/mol. The second kappa shape index (κ2) is 8.96. The largest absolute Gasteiger partial charge is 0.370 e. The van der Waals surface area contributed by atoms with Crippen molar-refractivity contribution in [1.82, 2.24) is 9.80 Å². The molecule has 0 aromatic carbocycles. The molecule has 2 heterocycles. The van der Waals surface area contributed by atoms with Crippen LogP contribution in [0.4, 0.5) is 0 Å². The van der Waals surface area contributed by atoms with Gasteiger partial charge in [0.15, 0.2) is 5.96 Å². The number of nitrogens with two attached hydrogens (primary N) is 1. The van der Waals surface area contributed by atoms with Crippen LogP contribution in [0.3, 0.4) is 0 Å². The first-order valence-electron chi connectivity index (χ1n) is 7.13. The lowest BCUT2D eigenvalue weighted by Crippen LogP contribution is -2.41. The fourth-order valence-electron chi connectivity index (χ4n) is 2.71. The summed E-state index contributed by atoms with van der Waals surface area (Å²) in [5.41, 5.74) is 6.02. The number of piperidine rings is 2. The third kappa shape index (κ3) is 5.30. The highest BCUT2D eigenvalue weighted by Gasteiger charge is 2.12. The normalized spacial score (nSPS) is 22.7. The van der Waals surface area contributed by atoms with Crippen LogP contribution in [-0.4, -0.2) is 55.0 Å². The van der Waals surface area contributed by atoms with Crippen molar-refractivity contribution in [3.8, 4) is 0 Å². The Labute approximate surface area is 128 Å². The molecule has 18 heavy (non-hydrogen) atoms. The predicted octanol–water partition coefficient (Wildman–Crippen LogP) is 1.89. The highest BCUT2D eigenvalue weighted by atomic mass is 127. The Hall–Kier alpha value is -0.0400. The Bertz CT molecular complexity index is 245. The fraction of sp³-hybridized carbons (Fsp3) is 0.923. The second-order valence-electron chi connectivity index (χ2n) is 5.19. The quantitative estimate of drug-likeness (QED) is 0.471. The van der Waals surface area contributed by atoms with Crippen molar-refractivity contribution >= 4 is 29.9 Å². The maximum absolute atomic E-state index is 6.02. The molecule has 2 saturated heterocycles. The zero-order valence-corrected chi connectivity index (χ0v) is 13.6. The standard InChI is InChI=1S/C13H26N4.HI/c14-13(17-10-5-2-6-11-17)15-7-12-16-8-3-1-4-9-16;/h1-12H2,(H2,14,15);1H. The van der Waals surface area contributed by atoms with Gasteiger partial charge in [-0.15, -0.1) is 24.0 Å². The summed E-state index contributed by atoms with van der Waals surface area (Å²) in [7, 11) is 0. The van der Waals surface area contributed by atoms with Crippen molar-refractivity contribution in [2.24, 2.45) is 10.7 Å². The summed E-state index contributed by atoms with van der Waals surface area (Å²) in [6.07, 6.45) is 7.98. The molecule has 106 valence electrons. The van der Waals surface area contributed by atoms with Crippen LogP contribution in [0.25, 0.3) is 0 Å². The monoisotopic (exact) mass is 366 g/mol. The molecule has 0 aromatic heterocycles. The van der Waals surface area contributed by atoms with Gasteiger partial charge >= 0.3 is 0 Å². The van der Waals surface area contributed by atoms with E-state index in [2.05, 4.69) is 14.8 Å². The smallest absolute Gasteiger partial charge is 0.191 e. The molecule has 2 rings (SSSR count). The fourth-order valence-corrected chi connectivity index (χ4v) is 2.71. The van der Waals surface area contributed by atoms with Gasteiger partial charge in [0.1, 0.15) is 0 Å². The van der Waals surface area contributed by atoms with Crippen molar-refractivity contribution < 1.29 is 0 Å². The van der Waals surface area contributed by atoms with Crippen LogP contribution in [0.1, 0.15) is 38.5 Å². The lowest BCUT2D eigenvalue weighted by Gasteiger charge is -2.28. The molecule has 2 N–H and O–H groups in total. The molecule has 0 aromatic rings. The molecule has 0 atom stereocenters. The summed E-state index contributed by atoms with van der Waals surface area (Å²) in [5.74, 6) is 0.765.